The van der Waals surface area contributed by atoms with E-state index in [-0.39, 0.29) is 11.5 Å². The molecule has 0 bridgehead atoms. The van der Waals surface area contributed by atoms with E-state index in [9.17, 15) is 10.1 Å². The highest BCUT2D eigenvalue weighted by Crippen LogP contribution is 2.29. The number of nitrogens with one attached hydrogen (secondary N) is 1. The first-order valence-corrected chi connectivity index (χ1v) is 9.70. The number of hydrogen-bond acceptors (Lipinski definition) is 4. The summed E-state index contributed by atoms with van der Waals surface area (Å²) in [6.45, 7) is 3.57. The molecule has 1 aliphatic rings. The Labute approximate surface area is 174 Å². The average Bonchev–Trinajstić information content (AvgIpc) is 2.72. The zero-order valence-corrected chi connectivity index (χ0v) is 16.7. The van der Waals surface area contributed by atoms with E-state index in [2.05, 4.69) is 22.3 Å². The third-order valence-corrected chi connectivity index (χ3v) is 5.40. The van der Waals surface area contributed by atoms with E-state index >= 15 is 0 Å². The van der Waals surface area contributed by atoms with Crippen LogP contribution in [0.4, 0.5) is 5.69 Å². The fourth-order valence-corrected chi connectivity index (χ4v) is 3.38. The lowest BCUT2D eigenvalue weighted by Gasteiger charge is -2.34. The second-order valence-corrected chi connectivity index (χ2v) is 7.25. The predicted octanol–water partition coefficient (Wildman–Crippen LogP) is 4.16. The standard InChI is InChI=1S/C21H20Cl2N4O/c22-18-7-4-8-19(20(18)23)25-14-17(13-24)21(28)27-11-9-26(10-12-27)15-16-5-2-1-3-6-16/h1-8,14,25H,9-12,15H2/b17-14-. The van der Waals surface area contributed by atoms with E-state index in [1.807, 2.05) is 24.3 Å². The summed E-state index contributed by atoms with van der Waals surface area (Å²) in [6.07, 6.45) is 1.39. The molecule has 5 nitrogen and oxygen atoms in total. The Hall–Kier alpha value is -2.52. The fraction of sp³-hybridized carbons (Fsp3) is 0.238. The Morgan fingerprint density at radius 1 is 1.07 bits per heavy atom. The first kappa shape index (κ1) is 20.2. The van der Waals surface area contributed by atoms with Crippen LogP contribution in [0, 0.1) is 11.3 Å². The van der Waals surface area contributed by atoms with E-state index in [0.717, 1.165) is 19.6 Å². The van der Waals surface area contributed by atoms with Gasteiger partial charge >= 0.3 is 0 Å². The Bertz CT molecular complexity index is 900. The molecule has 1 heterocycles. The van der Waals surface area contributed by atoms with Gasteiger partial charge in [0.2, 0.25) is 0 Å². The summed E-state index contributed by atoms with van der Waals surface area (Å²) in [5.74, 6) is -0.285. The van der Waals surface area contributed by atoms with Crippen LogP contribution in [0.1, 0.15) is 5.56 Å². The van der Waals surface area contributed by atoms with Crippen LogP contribution < -0.4 is 5.32 Å². The van der Waals surface area contributed by atoms with Gasteiger partial charge in [-0.25, -0.2) is 0 Å². The maximum atomic E-state index is 12.7. The van der Waals surface area contributed by atoms with Crippen LogP contribution in [-0.4, -0.2) is 41.9 Å². The van der Waals surface area contributed by atoms with Crippen molar-refractivity contribution in [1.29, 1.82) is 5.26 Å². The summed E-state index contributed by atoms with van der Waals surface area (Å²) < 4.78 is 0. The van der Waals surface area contributed by atoms with Gasteiger partial charge in [0.25, 0.3) is 5.91 Å². The summed E-state index contributed by atoms with van der Waals surface area (Å²) in [7, 11) is 0. The number of halogens is 2. The molecule has 2 aromatic carbocycles. The second-order valence-electron chi connectivity index (χ2n) is 6.47. The van der Waals surface area contributed by atoms with Gasteiger partial charge in [-0.1, -0.05) is 59.6 Å². The Morgan fingerprint density at radius 3 is 2.46 bits per heavy atom. The van der Waals surface area contributed by atoms with Gasteiger partial charge in [-0.15, -0.1) is 0 Å². The van der Waals surface area contributed by atoms with Crippen molar-refractivity contribution >= 4 is 34.8 Å². The SMILES string of the molecule is N#C/C(=C/Nc1cccc(Cl)c1Cl)C(=O)N1CCN(Cc2ccccc2)CC1. The van der Waals surface area contributed by atoms with E-state index in [0.29, 0.717) is 28.8 Å². The minimum atomic E-state index is -0.285. The molecule has 1 N–H and O–H groups in total. The molecule has 28 heavy (non-hydrogen) atoms. The van der Waals surface area contributed by atoms with Gasteiger partial charge in [-0.05, 0) is 17.7 Å². The molecule has 0 saturated carbocycles. The zero-order chi connectivity index (χ0) is 19.9. The van der Waals surface area contributed by atoms with Crippen LogP contribution in [0.5, 0.6) is 0 Å². The van der Waals surface area contributed by atoms with Gasteiger partial charge in [-0.3, -0.25) is 9.69 Å². The van der Waals surface area contributed by atoms with Gasteiger partial charge in [0.05, 0.1) is 15.7 Å². The van der Waals surface area contributed by atoms with Gasteiger partial charge in [0.15, 0.2) is 0 Å². The summed E-state index contributed by atoms with van der Waals surface area (Å²) in [5, 5.41) is 13.1. The van der Waals surface area contributed by atoms with E-state index in [4.69, 9.17) is 23.2 Å². The van der Waals surface area contributed by atoms with Crippen LogP contribution in [0.2, 0.25) is 10.0 Å². The topological polar surface area (TPSA) is 59.4 Å². The molecule has 0 aliphatic carbocycles. The number of amides is 1. The molecule has 0 aromatic heterocycles. The number of carbonyl (C=O) groups excluding carboxylic acids is 1. The number of nitrogens with zero attached hydrogens (tertiary/aromatic N) is 3. The van der Waals surface area contributed by atoms with Crippen LogP contribution in [0.25, 0.3) is 0 Å². The van der Waals surface area contributed by atoms with Crippen molar-refractivity contribution in [2.45, 2.75) is 6.54 Å². The van der Waals surface area contributed by atoms with Crippen molar-refractivity contribution in [3.8, 4) is 6.07 Å². The molecule has 1 saturated heterocycles. The summed E-state index contributed by atoms with van der Waals surface area (Å²) >= 11 is 12.1. The lowest BCUT2D eigenvalue weighted by molar-refractivity contribution is -0.128. The first-order chi connectivity index (χ1) is 13.6. The monoisotopic (exact) mass is 414 g/mol. The van der Waals surface area contributed by atoms with E-state index < -0.39 is 0 Å². The minimum Gasteiger partial charge on any atom is -0.359 e. The summed E-state index contributed by atoms with van der Waals surface area (Å²) in [4.78, 5) is 16.7. The van der Waals surface area contributed by atoms with Crippen molar-refractivity contribution in [3.05, 3.63) is 75.9 Å². The second kappa shape index (κ2) is 9.61. The fourth-order valence-electron chi connectivity index (χ4n) is 3.03. The van der Waals surface area contributed by atoms with E-state index in [1.54, 1.807) is 23.1 Å². The lowest BCUT2D eigenvalue weighted by atomic mass is 10.2. The molecule has 0 radical (unpaired) electrons. The molecule has 3 rings (SSSR count). The van der Waals surface area contributed by atoms with Gasteiger partial charge in [-0.2, -0.15) is 5.26 Å². The van der Waals surface area contributed by atoms with Crippen LogP contribution in [0.3, 0.4) is 0 Å². The smallest absolute Gasteiger partial charge is 0.266 e. The molecule has 1 amide bonds. The van der Waals surface area contributed by atoms with Gasteiger partial charge in [0, 0.05) is 38.9 Å². The first-order valence-electron chi connectivity index (χ1n) is 8.95. The van der Waals surface area contributed by atoms with Gasteiger partial charge < -0.3 is 10.2 Å². The molecule has 2 aromatic rings. The number of carbonyl (C=O) groups is 1. The largest absolute Gasteiger partial charge is 0.359 e. The highest BCUT2D eigenvalue weighted by molar-refractivity contribution is 6.43. The Kier molecular flexibility index (Phi) is 6.94. The van der Waals surface area contributed by atoms with Crippen molar-refractivity contribution in [2.75, 3.05) is 31.5 Å². The maximum Gasteiger partial charge on any atom is 0.266 e. The number of benzene rings is 2. The molecule has 0 atom stereocenters. The molecular formula is C21H20Cl2N4O. The number of rotatable bonds is 5. The van der Waals surface area contributed by atoms with Crippen molar-refractivity contribution in [1.82, 2.24) is 9.80 Å². The molecule has 1 fully saturated rings. The number of anilines is 1. The third-order valence-electron chi connectivity index (χ3n) is 4.58. The Morgan fingerprint density at radius 2 is 1.79 bits per heavy atom. The van der Waals surface area contributed by atoms with E-state index in [1.165, 1.54) is 11.8 Å². The van der Waals surface area contributed by atoms with Crippen LogP contribution >= 0.6 is 23.2 Å². The summed E-state index contributed by atoms with van der Waals surface area (Å²) in [6, 6.07) is 17.4. The Balaban J connectivity index is 1.58. The molecule has 0 spiro atoms. The third kappa shape index (κ3) is 5.05. The lowest BCUT2D eigenvalue weighted by Crippen LogP contribution is -2.48. The molecule has 7 heteroatoms. The highest BCUT2D eigenvalue weighted by atomic mass is 35.5. The van der Waals surface area contributed by atoms with Crippen molar-refractivity contribution in [3.63, 3.8) is 0 Å². The minimum absolute atomic E-state index is 0.0348. The highest BCUT2D eigenvalue weighted by Gasteiger charge is 2.23. The number of nitriles is 1. The molecule has 1 aliphatic heterocycles. The van der Waals surface area contributed by atoms with Crippen LogP contribution in [-0.2, 0) is 11.3 Å². The average molecular weight is 415 g/mol. The summed E-state index contributed by atoms with van der Waals surface area (Å²) in [5.41, 5.74) is 1.83. The zero-order valence-electron chi connectivity index (χ0n) is 15.2. The van der Waals surface area contributed by atoms with Crippen molar-refractivity contribution in [2.24, 2.45) is 0 Å². The van der Waals surface area contributed by atoms with Crippen molar-refractivity contribution < 1.29 is 4.79 Å². The van der Waals surface area contributed by atoms with Gasteiger partial charge in [0.1, 0.15) is 11.6 Å². The van der Waals surface area contributed by atoms with Crippen LogP contribution in [0.15, 0.2) is 60.3 Å². The number of piperazine rings is 1. The predicted molar refractivity (Wildman–Crippen MR) is 112 cm³/mol. The normalized spacial score (nSPS) is 15.2. The quantitative estimate of drug-likeness (QED) is 0.589. The maximum absolute atomic E-state index is 12.7. The number of hydrogen-bond donors (Lipinski definition) is 1. The molecule has 144 valence electrons. The molecular weight excluding hydrogens is 395 g/mol. The molecule has 0 unspecified atom stereocenters.